The van der Waals surface area contributed by atoms with Crippen LogP contribution in [0.15, 0.2) is 53.4 Å². The number of amides is 1. The number of nitrogens with zero attached hydrogens (tertiary/aromatic N) is 1. The van der Waals surface area contributed by atoms with Crippen LogP contribution in [0.5, 0.6) is 0 Å². The molecule has 30 heavy (non-hydrogen) atoms. The third-order valence-electron chi connectivity index (χ3n) is 5.29. The predicted molar refractivity (Wildman–Crippen MR) is 118 cm³/mol. The summed E-state index contributed by atoms with van der Waals surface area (Å²) in [6.45, 7) is 6.87. The number of carbonyl (C=O) groups is 1. The SMILES string of the molecule is Cc1ccc(S(=O)(=O)N(CC(=O)NC[C@H]2CCCO2)c2ccc(C(C)C)cc2)cc1. The van der Waals surface area contributed by atoms with Gasteiger partial charge in [0.15, 0.2) is 0 Å². The molecule has 162 valence electrons. The van der Waals surface area contributed by atoms with E-state index in [9.17, 15) is 13.2 Å². The van der Waals surface area contributed by atoms with Crippen LogP contribution >= 0.6 is 0 Å². The van der Waals surface area contributed by atoms with Crippen LogP contribution in [0, 0.1) is 6.92 Å². The largest absolute Gasteiger partial charge is 0.376 e. The Balaban J connectivity index is 1.85. The first kappa shape index (κ1) is 22.3. The van der Waals surface area contributed by atoms with Crippen LogP contribution in [0.25, 0.3) is 0 Å². The van der Waals surface area contributed by atoms with Gasteiger partial charge < -0.3 is 10.1 Å². The topological polar surface area (TPSA) is 75.7 Å². The lowest BCUT2D eigenvalue weighted by Gasteiger charge is -2.25. The molecule has 1 saturated heterocycles. The van der Waals surface area contributed by atoms with E-state index in [4.69, 9.17) is 4.74 Å². The first-order chi connectivity index (χ1) is 14.3. The van der Waals surface area contributed by atoms with Crippen molar-refractivity contribution in [1.82, 2.24) is 5.32 Å². The Morgan fingerprint density at radius 1 is 1.13 bits per heavy atom. The number of sulfonamides is 1. The van der Waals surface area contributed by atoms with Crippen LogP contribution in [-0.4, -0.2) is 40.1 Å². The zero-order valence-electron chi connectivity index (χ0n) is 17.8. The van der Waals surface area contributed by atoms with E-state index in [-0.39, 0.29) is 23.5 Å². The van der Waals surface area contributed by atoms with Gasteiger partial charge in [-0.1, -0.05) is 43.7 Å². The summed E-state index contributed by atoms with van der Waals surface area (Å²) in [5.41, 5.74) is 2.54. The Labute approximate surface area is 179 Å². The molecule has 0 aliphatic carbocycles. The average molecular weight is 431 g/mol. The number of anilines is 1. The second kappa shape index (κ2) is 9.62. The Hall–Kier alpha value is -2.38. The first-order valence-electron chi connectivity index (χ1n) is 10.3. The Kier molecular flexibility index (Phi) is 7.15. The fraction of sp³-hybridized carbons (Fsp3) is 0.435. The summed E-state index contributed by atoms with van der Waals surface area (Å²) in [7, 11) is -3.90. The van der Waals surface area contributed by atoms with E-state index < -0.39 is 10.0 Å². The number of benzene rings is 2. The maximum atomic E-state index is 13.4. The van der Waals surface area contributed by atoms with Gasteiger partial charge in [0, 0.05) is 13.2 Å². The van der Waals surface area contributed by atoms with E-state index in [2.05, 4.69) is 19.2 Å². The minimum atomic E-state index is -3.90. The van der Waals surface area contributed by atoms with Gasteiger partial charge in [-0.15, -0.1) is 0 Å². The lowest BCUT2D eigenvalue weighted by molar-refractivity contribution is -0.120. The highest BCUT2D eigenvalue weighted by Crippen LogP contribution is 2.26. The van der Waals surface area contributed by atoms with Gasteiger partial charge in [-0.3, -0.25) is 9.10 Å². The van der Waals surface area contributed by atoms with Crippen LogP contribution < -0.4 is 9.62 Å². The number of aryl methyl sites for hydroxylation is 1. The van der Waals surface area contributed by atoms with Gasteiger partial charge in [-0.05, 0) is 55.5 Å². The molecule has 2 aromatic carbocycles. The van der Waals surface area contributed by atoms with Crippen LogP contribution in [0.1, 0.15) is 43.7 Å². The second-order valence-corrected chi connectivity index (χ2v) is 9.87. The second-order valence-electron chi connectivity index (χ2n) is 8.01. The molecule has 3 rings (SSSR count). The summed E-state index contributed by atoms with van der Waals surface area (Å²) in [6.07, 6.45) is 1.89. The molecule has 1 fully saturated rings. The van der Waals surface area contributed by atoms with Crippen molar-refractivity contribution in [2.24, 2.45) is 0 Å². The van der Waals surface area contributed by atoms with Crippen molar-refractivity contribution < 1.29 is 17.9 Å². The molecule has 0 bridgehead atoms. The molecule has 2 aromatic rings. The predicted octanol–water partition coefficient (Wildman–Crippen LogP) is 3.61. The molecular formula is C23H30N2O4S. The van der Waals surface area contributed by atoms with Gasteiger partial charge in [-0.25, -0.2) is 8.42 Å². The molecule has 7 heteroatoms. The molecular weight excluding hydrogens is 400 g/mol. The summed E-state index contributed by atoms with van der Waals surface area (Å²) < 4.78 is 33.5. The lowest BCUT2D eigenvalue weighted by atomic mass is 10.0. The van der Waals surface area contributed by atoms with E-state index in [1.165, 1.54) is 4.31 Å². The summed E-state index contributed by atoms with van der Waals surface area (Å²) in [5, 5.41) is 2.82. The fourth-order valence-corrected chi connectivity index (χ4v) is 4.82. The van der Waals surface area contributed by atoms with Crippen LogP contribution in [0.2, 0.25) is 0 Å². The van der Waals surface area contributed by atoms with Crippen molar-refractivity contribution in [3.05, 3.63) is 59.7 Å². The van der Waals surface area contributed by atoms with Crippen molar-refractivity contribution in [2.45, 2.75) is 50.5 Å². The minimum absolute atomic E-state index is 0.00132. The van der Waals surface area contributed by atoms with Crippen LogP contribution in [-0.2, 0) is 19.6 Å². The number of nitrogens with one attached hydrogen (secondary N) is 1. The molecule has 0 aromatic heterocycles. The third kappa shape index (κ3) is 5.40. The van der Waals surface area contributed by atoms with Crippen molar-refractivity contribution in [3.63, 3.8) is 0 Å². The van der Waals surface area contributed by atoms with Gasteiger partial charge in [0.2, 0.25) is 5.91 Å². The summed E-state index contributed by atoms with van der Waals surface area (Å²) >= 11 is 0. The number of hydrogen-bond acceptors (Lipinski definition) is 4. The van der Waals surface area contributed by atoms with E-state index in [0.29, 0.717) is 24.8 Å². The number of ether oxygens (including phenoxy) is 1. The maximum absolute atomic E-state index is 13.4. The molecule has 1 aliphatic rings. The normalized spacial score (nSPS) is 16.6. The molecule has 0 radical (unpaired) electrons. The van der Waals surface area contributed by atoms with Crippen molar-refractivity contribution >= 4 is 21.6 Å². The molecule has 1 heterocycles. The van der Waals surface area contributed by atoms with Gasteiger partial charge in [-0.2, -0.15) is 0 Å². The summed E-state index contributed by atoms with van der Waals surface area (Å²) in [4.78, 5) is 12.8. The monoisotopic (exact) mass is 430 g/mol. The van der Waals surface area contributed by atoms with Crippen molar-refractivity contribution in [1.29, 1.82) is 0 Å². The Morgan fingerprint density at radius 2 is 1.80 bits per heavy atom. The molecule has 1 amide bonds. The standard InChI is InChI=1S/C23H30N2O4S/c1-17(2)19-8-10-20(11-9-19)25(16-23(26)24-15-21-5-4-14-29-21)30(27,28)22-12-6-18(3)7-13-22/h6-13,17,21H,4-5,14-16H2,1-3H3,(H,24,26)/t21-/m1/s1. The quantitative estimate of drug-likeness (QED) is 0.694. The molecule has 0 spiro atoms. The van der Waals surface area contributed by atoms with Gasteiger partial charge >= 0.3 is 0 Å². The molecule has 1 atom stereocenters. The van der Waals surface area contributed by atoms with Gasteiger partial charge in [0.1, 0.15) is 6.54 Å². The van der Waals surface area contributed by atoms with Gasteiger partial charge in [0.25, 0.3) is 10.0 Å². The highest BCUT2D eigenvalue weighted by Gasteiger charge is 2.27. The minimum Gasteiger partial charge on any atom is -0.376 e. The number of rotatable bonds is 8. The molecule has 0 unspecified atom stereocenters. The zero-order valence-corrected chi connectivity index (χ0v) is 18.6. The molecule has 0 saturated carbocycles. The van der Waals surface area contributed by atoms with E-state index in [0.717, 1.165) is 24.0 Å². The average Bonchev–Trinajstić information content (AvgIpc) is 3.24. The Bertz CT molecular complexity index is 948. The number of hydrogen-bond donors (Lipinski definition) is 1. The summed E-state index contributed by atoms with van der Waals surface area (Å²) in [5.74, 6) is -0.0231. The van der Waals surface area contributed by atoms with Crippen molar-refractivity contribution in [3.8, 4) is 0 Å². The number of carbonyl (C=O) groups excluding carboxylic acids is 1. The highest BCUT2D eigenvalue weighted by molar-refractivity contribution is 7.92. The van der Waals surface area contributed by atoms with E-state index >= 15 is 0 Å². The van der Waals surface area contributed by atoms with E-state index in [1.807, 2.05) is 19.1 Å². The van der Waals surface area contributed by atoms with Crippen molar-refractivity contribution in [2.75, 3.05) is 24.0 Å². The summed E-state index contributed by atoms with van der Waals surface area (Å²) in [6, 6.07) is 14.0. The molecule has 1 N–H and O–H groups in total. The van der Waals surface area contributed by atoms with Crippen LogP contribution in [0.4, 0.5) is 5.69 Å². The maximum Gasteiger partial charge on any atom is 0.264 e. The first-order valence-corrected chi connectivity index (χ1v) is 11.8. The smallest absolute Gasteiger partial charge is 0.264 e. The zero-order chi connectivity index (χ0) is 21.7. The molecule has 6 nitrogen and oxygen atoms in total. The Morgan fingerprint density at radius 3 is 2.37 bits per heavy atom. The lowest BCUT2D eigenvalue weighted by Crippen LogP contribution is -2.42. The van der Waals surface area contributed by atoms with E-state index in [1.54, 1.807) is 36.4 Å². The fourth-order valence-electron chi connectivity index (χ4n) is 3.40. The third-order valence-corrected chi connectivity index (χ3v) is 7.08. The highest BCUT2D eigenvalue weighted by atomic mass is 32.2. The van der Waals surface area contributed by atoms with Gasteiger partial charge in [0.05, 0.1) is 16.7 Å². The van der Waals surface area contributed by atoms with Crippen LogP contribution in [0.3, 0.4) is 0 Å². The molecule has 1 aliphatic heterocycles.